The molecule has 2 rings (SSSR count). The minimum Gasteiger partial charge on any atom is -0.372 e. The van der Waals surface area contributed by atoms with Crippen LogP contribution in [0.1, 0.15) is 24.1 Å². The van der Waals surface area contributed by atoms with Crippen molar-refractivity contribution in [3.63, 3.8) is 0 Å². The first-order valence-corrected chi connectivity index (χ1v) is 4.72. The SMILES string of the molecule is C[C@@H]1OCc2cc(Cl)ccc2C1N. The molecule has 0 spiro atoms. The monoisotopic (exact) mass is 197 g/mol. The van der Waals surface area contributed by atoms with Gasteiger partial charge in [-0.25, -0.2) is 0 Å². The summed E-state index contributed by atoms with van der Waals surface area (Å²) in [6, 6.07) is 5.75. The molecule has 2 atom stereocenters. The maximum Gasteiger partial charge on any atom is 0.0744 e. The van der Waals surface area contributed by atoms with Crippen LogP contribution in [-0.4, -0.2) is 6.10 Å². The number of ether oxygens (including phenoxy) is 1. The molecule has 0 aliphatic carbocycles. The molecule has 1 aliphatic rings. The molecule has 0 aromatic heterocycles. The van der Waals surface area contributed by atoms with Crippen LogP contribution in [0.2, 0.25) is 5.02 Å². The van der Waals surface area contributed by atoms with E-state index >= 15 is 0 Å². The second kappa shape index (κ2) is 3.29. The Kier molecular flexibility index (Phi) is 2.28. The Labute approximate surface area is 82.6 Å². The predicted molar refractivity (Wildman–Crippen MR) is 52.6 cm³/mol. The molecule has 70 valence electrons. The largest absolute Gasteiger partial charge is 0.372 e. The molecular weight excluding hydrogens is 186 g/mol. The van der Waals surface area contributed by atoms with E-state index in [9.17, 15) is 0 Å². The molecule has 3 heteroatoms. The van der Waals surface area contributed by atoms with Crippen molar-refractivity contribution in [3.8, 4) is 0 Å². The fourth-order valence-electron chi connectivity index (χ4n) is 1.60. The number of nitrogens with two attached hydrogens (primary N) is 1. The van der Waals surface area contributed by atoms with Gasteiger partial charge in [0, 0.05) is 5.02 Å². The minimum absolute atomic E-state index is 0.0268. The zero-order valence-electron chi connectivity index (χ0n) is 7.46. The van der Waals surface area contributed by atoms with Gasteiger partial charge in [0.1, 0.15) is 0 Å². The van der Waals surface area contributed by atoms with Crippen LogP contribution in [0.4, 0.5) is 0 Å². The van der Waals surface area contributed by atoms with Gasteiger partial charge in [0.05, 0.1) is 18.8 Å². The van der Waals surface area contributed by atoms with Crippen molar-refractivity contribution < 1.29 is 4.74 Å². The third-order valence-corrected chi connectivity index (χ3v) is 2.71. The number of hydrogen-bond donors (Lipinski definition) is 1. The van der Waals surface area contributed by atoms with Gasteiger partial charge in [-0.2, -0.15) is 0 Å². The van der Waals surface area contributed by atoms with Crippen LogP contribution in [0.15, 0.2) is 18.2 Å². The van der Waals surface area contributed by atoms with Crippen molar-refractivity contribution in [2.75, 3.05) is 0 Å². The van der Waals surface area contributed by atoms with E-state index in [4.69, 9.17) is 22.1 Å². The van der Waals surface area contributed by atoms with E-state index in [0.29, 0.717) is 6.61 Å². The van der Waals surface area contributed by atoms with Gasteiger partial charge >= 0.3 is 0 Å². The van der Waals surface area contributed by atoms with Crippen LogP contribution in [0, 0.1) is 0 Å². The summed E-state index contributed by atoms with van der Waals surface area (Å²) in [6.45, 7) is 2.60. The first-order chi connectivity index (χ1) is 6.18. The lowest BCUT2D eigenvalue weighted by Crippen LogP contribution is -2.31. The standard InChI is InChI=1S/C10H12ClNO/c1-6-10(12)9-3-2-8(11)4-7(9)5-13-6/h2-4,6,10H,5,12H2,1H3/t6-,10?/m0/s1. The average Bonchev–Trinajstić information content (AvgIpc) is 2.12. The van der Waals surface area contributed by atoms with Crippen LogP contribution < -0.4 is 5.73 Å². The third-order valence-electron chi connectivity index (χ3n) is 2.47. The summed E-state index contributed by atoms with van der Waals surface area (Å²) in [5.74, 6) is 0. The molecule has 0 saturated carbocycles. The first kappa shape index (κ1) is 9.00. The molecule has 0 amide bonds. The van der Waals surface area contributed by atoms with Crippen molar-refractivity contribution in [2.45, 2.75) is 25.7 Å². The number of halogens is 1. The fraction of sp³-hybridized carbons (Fsp3) is 0.400. The van der Waals surface area contributed by atoms with E-state index in [1.807, 2.05) is 25.1 Å². The van der Waals surface area contributed by atoms with Gasteiger partial charge in [-0.3, -0.25) is 0 Å². The molecule has 13 heavy (non-hydrogen) atoms. The van der Waals surface area contributed by atoms with E-state index in [-0.39, 0.29) is 12.1 Å². The summed E-state index contributed by atoms with van der Waals surface area (Å²) < 4.78 is 5.49. The Hall–Kier alpha value is -0.570. The molecule has 1 aromatic carbocycles. The second-order valence-electron chi connectivity index (χ2n) is 3.39. The Balaban J connectivity index is 2.44. The Morgan fingerprint density at radius 1 is 1.54 bits per heavy atom. The van der Waals surface area contributed by atoms with E-state index in [1.165, 1.54) is 0 Å². The molecule has 0 saturated heterocycles. The molecule has 2 nitrogen and oxygen atoms in total. The van der Waals surface area contributed by atoms with Gasteiger partial charge in [0.2, 0.25) is 0 Å². The molecule has 1 aliphatic heterocycles. The number of fused-ring (bicyclic) bond motifs is 1. The lowest BCUT2D eigenvalue weighted by Gasteiger charge is -2.28. The molecule has 0 fully saturated rings. The average molecular weight is 198 g/mol. The third kappa shape index (κ3) is 1.57. The minimum atomic E-state index is -0.0268. The van der Waals surface area contributed by atoms with Crippen LogP contribution >= 0.6 is 11.6 Å². The number of rotatable bonds is 0. The molecule has 1 heterocycles. The Morgan fingerprint density at radius 3 is 3.08 bits per heavy atom. The van der Waals surface area contributed by atoms with E-state index in [1.54, 1.807) is 0 Å². The van der Waals surface area contributed by atoms with Crippen LogP contribution in [0.25, 0.3) is 0 Å². The summed E-state index contributed by atoms with van der Waals surface area (Å²) in [7, 11) is 0. The van der Waals surface area contributed by atoms with Gasteiger partial charge in [0.15, 0.2) is 0 Å². The van der Waals surface area contributed by atoms with Gasteiger partial charge < -0.3 is 10.5 Å². The van der Waals surface area contributed by atoms with Gasteiger partial charge in [0.25, 0.3) is 0 Å². The maximum atomic E-state index is 5.97. The van der Waals surface area contributed by atoms with Crippen molar-refractivity contribution in [1.29, 1.82) is 0 Å². The lowest BCUT2D eigenvalue weighted by atomic mass is 9.95. The smallest absolute Gasteiger partial charge is 0.0744 e. The molecule has 2 N–H and O–H groups in total. The normalized spacial score (nSPS) is 27.0. The molecule has 1 aromatic rings. The van der Waals surface area contributed by atoms with Crippen molar-refractivity contribution >= 4 is 11.6 Å². The van der Waals surface area contributed by atoms with E-state index in [0.717, 1.165) is 16.1 Å². The summed E-state index contributed by atoms with van der Waals surface area (Å²) >= 11 is 5.86. The first-order valence-electron chi connectivity index (χ1n) is 4.34. The van der Waals surface area contributed by atoms with Crippen LogP contribution in [0.5, 0.6) is 0 Å². The molecule has 1 unspecified atom stereocenters. The Bertz CT molecular complexity index is 327. The Morgan fingerprint density at radius 2 is 2.31 bits per heavy atom. The van der Waals surface area contributed by atoms with Crippen molar-refractivity contribution in [1.82, 2.24) is 0 Å². The topological polar surface area (TPSA) is 35.2 Å². The highest BCUT2D eigenvalue weighted by atomic mass is 35.5. The maximum absolute atomic E-state index is 5.97. The van der Waals surface area contributed by atoms with Crippen LogP contribution in [-0.2, 0) is 11.3 Å². The lowest BCUT2D eigenvalue weighted by molar-refractivity contribution is 0.0214. The van der Waals surface area contributed by atoms with Gasteiger partial charge in [-0.05, 0) is 30.2 Å². The van der Waals surface area contributed by atoms with Gasteiger partial charge in [-0.15, -0.1) is 0 Å². The van der Waals surface area contributed by atoms with Crippen molar-refractivity contribution in [2.24, 2.45) is 5.73 Å². The molecule has 0 radical (unpaired) electrons. The molecule has 0 bridgehead atoms. The van der Waals surface area contributed by atoms with E-state index < -0.39 is 0 Å². The highest BCUT2D eigenvalue weighted by molar-refractivity contribution is 6.30. The number of hydrogen-bond acceptors (Lipinski definition) is 2. The van der Waals surface area contributed by atoms with E-state index in [2.05, 4.69) is 0 Å². The molecular formula is C10H12ClNO. The zero-order chi connectivity index (χ0) is 9.42. The summed E-state index contributed by atoms with van der Waals surface area (Å²) in [6.07, 6.45) is 0.0914. The number of benzene rings is 1. The van der Waals surface area contributed by atoms with Crippen LogP contribution in [0.3, 0.4) is 0 Å². The predicted octanol–water partition coefficient (Wildman–Crippen LogP) is 2.26. The summed E-state index contributed by atoms with van der Waals surface area (Å²) in [5.41, 5.74) is 8.24. The summed E-state index contributed by atoms with van der Waals surface area (Å²) in [4.78, 5) is 0. The van der Waals surface area contributed by atoms with Gasteiger partial charge in [-0.1, -0.05) is 17.7 Å². The highest BCUT2D eigenvalue weighted by Gasteiger charge is 2.23. The highest BCUT2D eigenvalue weighted by Crippen LogP contribution is 2.29. The van der Waals surface area contributed by atoms with Crippen molar-refractivity contribution in [3.05, 3.63) is 34.3 Å². The fourth-order valence-corrected chi connectivity index (χ4v) is 1.80. The quantitative estimate of drug-likeness (QED) is 0.693. The second-order valence-corrected chi connectivity index (χ2v) is 3.82. The summed E-state index contributed by atoms with van der Waals surface area (Å²) in [5, 5.41) is 0.740. The zero-order valence-corrected chi connectivity index (χ0v) is 8.21.